The van der Waals surface area contributed by atoms with Crippen LogP contribution in [0.3, 0.4) is 0 Å². The average molecular weight is 443 g/mol. The largest absolute Gasteiger partial charge is 0.305 e. The highest BCUT2D eigenvalue weighted by Gasteiger charge is 2.33. The first-order valence-electron chi connectivity index (χ1n) is 11.8. The predicted octanol–water partition coefficient (Wildman–Crippen LogP) is 8.61. The van der Waals surface area contributed by atoms with E-state index in [0.29, 0.717) is 5.92 Å². The molecular weight excluding hydrogens is 400 g/mol. The molecule has 0 spiro atoms. The lowest BCUT2D eigenvalue weighted by Gasteiger charge is -2.31. The lowest BCUT2D eigenvalue weighted by atomic mass is 9.78. The average Bonchev–Trinajstić information content (AvgIpc) is 2.66. The van der Waals surface area contributed by atoms with Gasteiger partial charge in [-0.25, -0.2) is 4.21 Å². The van der Waals surface area contributed by atoms with Gasteiger partial charge in [0, 0.05) is 0 Å². The molecule has 2 nitrogen and oxygen atoms in total. The summed E-state index contributed by atoms with van der Waals surface area (Å²) in [6.07, 6.45) is 0. The van der Waals surface area contributed by atoms with Gasteiger partial charge in [0.15, 0.2) is 11.1 Å². The molecule has 2 atom stereocenters. The Hall–Kier alpha value is -1.45. The number of benzene rings is 2. The molecule has 0 amide bonds. The SMILES string of the molecule is CC(C)c1cc(C(C)C)c(C(c2c(C(C)C)cccc2C(C)C)S(=O)O)c(C(C)C)c1. The predicted molar refractivity (Wildman–Crippen MR) is 136 cm³/mol. The maximum absolute atomic E-state index is 13.1. The van der Waals surface area contributed by atoms with Gasteiger partial charge in [0.1, 0.15) is 5.25 Å². The quantitative estimate of drug-likeness (QED) is 0.415. The van der Waals surface area contributed by atoms with Gasteiger partial charge in [0.2, 0.25) is 0 Å². The number of hydrogen-bond acceptors (Lipinski definition) is 1. The Labute approximate surface area is 193 Å². The molecule has 2 aromatic rings. The highest BCUT2D eigenvalue weighted by molar-refractivity contribution is 7.79. The van der Waals surface area contributed by atoms with Crippen molar-refractivity contribution < 1.29 is 8.76 Å². The minimum atomic E-state index is -2.03. The van der Waals surface area contributed by atoms with Crippen molar-refractivity contribution in [1.29, 1.82) is 0 Å². The Morgan fingerprint density at radius 2 is 0.968 bits per heavy atom. The first kappa shape index (κ1) is 25.8. The van der Waals surface area contributed by atoms with Crippen LogP contribution in [-0.2, 0) is 11.1 Å². The van der Waals surface area contributed by atoms with Gasteiger partial charge in [-0.05, 0) is 68.5 Å². The number of rotatable bonds is 8. The Balaban J connectivity index is 3.04. The van der Waals surface area contributed by atoms with Crippen LogP contribution in [0.2, 0.25) is 0 Å². The number of hydrogen-bond donors (Lipinski definition) is 1. The summed E-state index contributed by atoms with van der Waals surface area (Å²) in [4.78, 5) is 0. The van der Waals surface area contributed by atoms with Gasteiger partial charge in [-0.3, -0.25) is 0 Å². The van der Waals surface area contributed by atoms with Gasteiger partial charge in [0.05, 0.1) is 0 Å². The van der Waals surface area contributed by atoms with Crippen molar-refractivity contribution in [3.63, 3.8) is 0 Å². The molecule has 0 heterocycles. The summed E-state index contributed by atoms with van der Waals surface area (Å²) in [7, 11) is 0. The summed E-state index contributed by atoms with van der Waals surface area (Å²) in [5.41, 5.74) is 8.18. The standard InChI is InChI=1S/C28H42O2S/c1-16(2)21-14-24(19(7)8)27(25(15-21)20(9)10)28(31(29)30)26-22(17(3)4)12-11-13-23(26)18(5)6/h11-20,28H,1-10H3,(H,29,30). The maximum atomic E-state index is 13.1. The Bertz CT molecular complexity index is 867. The van der Waals surface area contributed by atoms with E-state index < -0.39 is 16.3 Å². The first-order chi connectivity index (χ1) is 14.4. The molecule has 0 aromatic heterocycles. The van der Waals surface area contributed by atoms with Crippen molar-refractivity contribution in [3.8, 4) is 0 Å². The van der Waals surface area contributed by atoms with Crippen LogP contribution >= 0.6 is 0 Å². The van der Waals surface area contributed by atoms with Gasteiger partial charge in [-0.2, -0.15) is 0 Å². The maximum Gasteiger partial charge on any atom is 0.165 e. The summed E-state index contributed by atoms with van der Waals surface area (Å²) >= 11 is -2.03. The van der Waals surface area contributed by atoms with E-state index in [9.17, 15) is 8.76 Å². The minimum absolute atomic E-state index is 0.269. The summed E-state index contributed by atoms with van der Waals surface area (Å²) < 4.78 is 23.9. The molecule has 0 saturated heterocycles. The monoisotopic (exact) mass is 442 g/mol. The lowest BCUT2D eigenvalue weighted by Crippen LogP contribution is -2.19. The van der Waals surface area contributed by atoms with Crippen LogP contribution in [0.1, 0.15) is 143 Å². The Morgan fingerprint density at radius 3 is 1.26 bits per heavy atom. The van der Waals surface area contributed by atoms with Crippen LogP contribution in [0.25, 0.3) is 0 Å². The lowest BCUT2D eigenvalue weighted by molar-refractivity contribution is 0.554. The van der Waals surface area contributed by atoms with E-state index in [4.69, 9.17) is 0 Å². The zero-order valence-corrected chi connectivity index (χ0v) is 21.9. The second kappa shape index (κ2) is 10.4. The van der Waals surface area contributed by atoms with Gasteiger partial charge in [0.25, 0.3) is 0 Å². The van der Waals surface area contributed by atoms with Crippen molar-refractivity contribution in [2.75, 3.05) is 0 Å². The molecule has 0 fully saturated rings. The fourth-order valence-electron chi connectivity index (χ4n) is 4.57. The van der Waals surface area contributed by atoms with Crippen LogP contribution in [-0.4, -0.2) is 8.76 Å². The molecule has 2 unspecified atom stereocenters. The Kier molecular flexibility index (Phi) is 8.69. The van der Waals surface area contributed by atoms with Crippen molar-refractivity contribution in [3.05, 3.63) is 69.3 Å². The van der Waals surface area contributed by atoms with Gasteiger partial charge in [-0.15, -0.1) is 0 Å². The third-order valence-electron chi connectivity index (χ3n) is 6.32. The topological polar surface area (TPSA) is 37.3 Å². The first-order valence-corrected chi connectivity index (χ1v) is 12.9. The second-order valence-electron chi connectivity index (χ2n) is 10.4. The Morgan fingerprint density at radius 1 is 0.613 bits per heavy atom. The summed E-state index contributed by atoms with van der Waals surface area (Å²) in [6.45, 7) is 21.9. The van der Waals surface area contributed by atoms with E-state index in [0.717, 1.165) is 11.1 Å². The highest BCUT2D eigenvalue weighted by Crippen LogP contribution is 2.44. The van der Waals surface area contributed by atoms with Crippen molar-refractivity contribution >= 4 is 11.1 Å². The zero-order chi connectivity index (χ0) is 23.6. The van der Waals surface area contributed by atoms with Crippen molar-refractivity contribution in [2.45, 2.75) is 104 Å². The molecule has 3 heteroatoms. The van der Waals surface area contributed by atoms with Crippen LogP contribution in [0.5, 0.6) is 0 Å². The summed E-state index contributed by atoms with van der Waals surface area (Å²) in [6, 6.07) is 10.9. The van der Waals surface area contributed by atoms with E-state index in [-0.39, 0.29) is 23.7 Å². The molecule has 0 radical (unpaired) electrons. The van der Waals surface area contributed by atoms with Crippen molar-refractivity contribution in [1.82, 2.24) is 0 Å². The molecule has 0 aliphatic heterocycles. The van der Waals surface area contributed by atoms with Crippen LogP contribution in [0.4, 0.5) is 0 Å². The third-order valence-corrected chi connectivity index (χ3v) is 7.20. The molecule has 31 heavy (non-hydrogen) atoms. The molecule has 0 aliphatic carbocycles. The fourth-order valence-corrected chi connectivity index (χ4v) is 5.52. The van der Waals surface area contributed by atoms with E-state index in [1.165, 1.54) is 27.8 Å². The van der Waals surface area contributed by atoms with Crippen LogP contribution in [0.15, 0.2) is 30.3 Å². The molecule has 2 aromatic carbocycles. The fraction of sp³-hybridized carbons (Fsp3) is 0.571. The third kappa shape index (κ3) is 5.49. The van der Waals surface area contributed by atoms with E-state index in [1.807, 2.05) is 0 Å². The smallest absolute Gasteiger partial charge is 0.165 e. The normalized spacial score (nSPS) is 14.3. The molecular formula is C28H42O2S. The summed E-state index contributed by atoms with van der Waals surface area (Å²) in [5.74, 6) is 1.51. The van der Waals surface area contributed by atoms with Gasteiger partial charge >= 0.3 is 0 Å². The van der Waals surface area contributed by atoms with E-state index in [2.05, 4.69) is 99.6 Å². The highest BCUT2D eigenvalue weighted by atomic mass is 32.2. The van der Waals surface area contributed by atoms with Crippen molar-refractivity contribution in [2.24, 2.45) is 0 Å². The van der Waals surface area contributed by atoms with E-state index in [1.54, 1.807) is 0 Å². The molecule has 2 rings (SSSR count). The summed E-state index contributed by atoms with van der Waals surface area (Å²) in [5, 5.41) is -0.549. The molecule has 0 saturated carbocycles. The van der Waals surface area contributed by atoms with Gasteiger partial charge < -0.3 is 4.55 Å². The molecule has 172 valence electrons. The molecule has 0 bridgehead atoms. The molecule has 1 N–H and O–H groups in total. The van der Waals surface area contributed by atoms with Crippen LogP contribution < -0.4 is 0 Å². The molecule has 0 aliphatic rings. The van der Waals surface area contributed by atoms with Crippen LogP contribution in [0, 0.1) is 0 Å². The van der Waals surface area contributed by atoms with Gasteiger partial charge in [-0.1, -0.05) is 99.6 Å². The zero-order valence-electron chi connectivity index (χ0n) is 21.1. The minimum Gasteiger partial charge on any atom is -0.305 e. The second-order valence-corrected chi connectivity index (χ2v) is 11.4. The van der Waals surface area contributed by atoms with E-state index >= 15 is 0 Å².